The van der Waals surface area contributed by atoms with Gasteiger partial charge in [0.05, 0.1) is 15.6 Å². The number of nitrogens with zero attached hydrogens (tertiary/aromatic N) is 7. The molecule has 0 unspecified atom stereocenters. The van der Waals surface area contributed by atoms with Crippen LogP contribution >= 0.6 is 11.3 Å². The fraction of sp³-hybridized carbons (Fsp3) is 0.389. The Labute approximate surface area is 156 Å². The highest BCUT2D eigenvalue weighted by Crippen LogP contribution is 2.28. The molecule has 3 aromatic rings. The lowest BCUT2D eigenvalue weighted by atomic mass is 10.2. The highest BCUT2D eigenvalue weighted by atomic mass is 32.1. The molecule has 0 aliphatic carbocycles. The third-order valence-corrected chi connectivity index (χ3v) is 5.60. The maximum absolute atomic E-state index is 4.47. The molecular formula is C18H21N7S. The van der Waals surface area contributed by atoms with Crippen LogP contribution in [0.15, 0.2) is 24.5 Å². The third kappa shape index (κ3) is 3.37. The molecule has 0 atom stereocenters. The molecule has 1 saturated heterocycles. The Morgan fingerprint density at radius 1 is 0.885 bits per heavy atom. The van der Waals surface area contributed by atoms with Crippen molar-refractivity contribution in [3.05, 3.63) is 40.9 Å². The molecule has 0 amide bonds. The van der Waals surface area contributed by atoms with Crippen LogP contribution in [0.2, 0.25) is 0 Å². The van der Waals surface area contributed by atoms with Crippen molar-refractivity contribution in [2.45, 2.75) is 20.8 Å². The van der Waals surface area contributed by atoms with Crippen LogP contribution in [0.4, 0.5) is 11.6 Å². The number of aryl methyl sites for hydroxylation is 3. The Bertz CT molecular complexity index is 898. The van der Waals surface area contributed by atoms with Gasteiger partial charge < -0.3 is 9.80 Å². The van der Waals surface area contributed by atoms with E-state index in [1.54, 1.807) is 17.7 Å². The van der Waals surface area contributed by atoms with Crippen molar-refractivity contribution in [2.75, 3.05) is 36.0 Å². The molecule has 7 nitrogen and oxygen atoms in total. The summed E-state index contributed by atoms with van der Waals surface area (Å²) in [5, 5.41) is 9.94. The second kappa shape index (κ2) is 6.95. The second-order valence-corrected chi connectivity index (χ2v) is 7.62. The van der Waals surface area contributed by atoms with Crippen LogP contribution in [-0.4, -0.2) is 51.3 Å². The average Bonchev–Trinajstić information content (AvgIpc) is 3.00. The van der Waals surface area contributed by atoms with Crippen LogP contribution < -0.4 is 9.80 Å². The van der Waals surface area contributed by atoms with Gasteiger partial charge in [-0.15, -0.1) is 21.5 Å². The van der Waals surface area contributed by atoms with Crippen LogP contribution in [0.1, 0.15) is 16.4 Å². The minimum atomic E-state index is 0.895. The van der Waals surface area contributed by atoms with E-state index >= 15 is 0 Å². The first kappa shape index (κ1) is 16.8. The summed E-state index contributed by atoms with van der Waals surface area (Å²) in [6.07, 6.45) is 1.63. The van der Waals surface area contributed by atoms with Crippen molar-refractivity contribution in [2.24, 2.45) is 0 Å². The maximum Gasteiger partial charge on any atom is 0.151 e. The number of piperazine rings is 1. The highest BCUT2D eigenvalue weighted by Gasteiger charge is 2.20. The Morgan fingerprint density at radius 3 is 2.19 bits per heavy atom. The minimum Gasteiger partial charge on any atom is -0.353 e. The van der Waals surface area contributed by atoms with Gasteiger partial charge in [0, 0.05) is 37.9 Å². The number of hydrogen-bond donors (Lipinski definition) is 0. The average molecular weight is 367 g/mol. The van der Waals surface area contributed by atoms with Gasteiger partial charge in [-0.3, -0.25) is 0 Å². The second-order valence-electron chi connectivity index (χ2n) is 6.42. The normalized spacial score (nSPS) is 14.7. The van der Waals surface area contributed by atoms with E-state index in [9.17, 15) is 0 Å². The molecule has 0 bridgehead atoms. The van der Waals surface area contributed by atoms with Crippen molar-refractivity contribution in [1.29, 1.82) is 0 Å². The van der Waals surface area contributed by atoms with Gasteiger partial charge in [-0.25, -0.2) is 15.0 Å². The quantitative estimate of drug-likeness (QED) is 0.705. The Morgan fingerprint density at radius 2 is 1.62 bits per heavy atom. The van der Waals surface area contributed by atoms with E-state index in [-0.39, 0.29) is 0 Å². The van der Waals surface area contributed by atoms with E-state index in [2.05, 4.69) is 41.0 Å². The largest absolute Gasteiger partial charge is 0.353 e. The minimum absolute atomic E-state index is 0.895. The van der Waals surface area contributed by atoms with Crippen LogP contribution in [0, 0.1) is 20.8 Å². The summed E-state index contributed by atoms with van der Waals surface area (Å²) in [6.45, 7) is 9.64. The lowest BCUT2D eigenvalue weighted by Gasteiger charge is -2.35. The molecule has 1 aliphatic rings. The molecule has 0 aromatic carbocycles. The number of aromatic nitrogens is 5. The van der Waals surface area contributed by atoms with Crippen LogP contribution in [0.25, 0.3) is 10.6 Å². The number of rotatable bonds is 3. The van der Waals surface area contributed by atoms with Gasteiger partial charge in [0.1, 0.15) is 17.8 Å². The summed E-state index contributed by atoms with van der Waals surface area (Å²) < 4.78 is 0. The summed E-state index contributed by atoms with van der Waals surface area (Å²) in [7, 11) is 0. The molecule has 1 aliphatic heterocycles. The molecule has 8 heteroatoms. The first-order valence-electron chi connectivity index (χ1n) is 8.67. The lowest BCUT2D eigenvalue weighted by molar-refractivity contribution is 0.637. The van der Waals surface area contributed by atoms with E-state index in [4.69, 9.17) is 0 Å². The molecule has 3 aromatic heterocycles. The first-order valence-corrected chi connectivity index (χ1v) is 9.48. The maximum atomic E-state index is 4.47. The number of anilines is 2. The van der Waals surface area contributed by atoms with E-state index in [1.165, 1.54) is 0 Å². The predicted octanol–water partition coefficient (Wildman–Crippen LogP) is 2.64. The van der Waals surface area contributed by atoms with Gasteiger partial charge in [0.2, 0.25) is 0 Å². The van der Waals surface area contributed by atoms with Crippen molar-refractivity contribution < 1.29 is 0 Å². The smallest absolute Gasteiger partial charge is 0.151 e. The van der Waals surface area contributed by atoms with Gasteiger partial charge in [-0.1, -0.05) is 0 Å². The molecule has 134 valence electrons. The van der Waals surface area contributed by atoms with E-state index in [1.807, 2.05) is 32.9 Å². The van der Waals surface area contributed by atoms with Crippen molar-refractivity contribution in [1.82, 2.24) is 25.1 Å². The zero-order valence-electron chi connectivity index (χ0n) is 15.2. The molecule has 4 rings (SSSR count). The summed E-state index contributed by atoms with van der Waals surface area (Å²) in [4.78, 5) is 18.7. The standard InChI is InChI=1S/C18H21N7S/c1-12-10-17(20-11-19-12)25-8-6-24(7-9-25)16-5-4-15(22-23-16)18-13(2)21-14(3)26-18/h4-5,10-11H,6-9H2,1-3H3. The van der Waals surface area contributed by atoms with Crippen LogP contribution in [-0.2, 0) is 0 Å². The number of thiazole rings is 1. The van der Waals surface area contributed by atoms with Gasteiger partial charge in [0.15, 0.2) is 5.82 Å². The summed E-state index contributed by atoms with van der Waals surface area (Å²) >= 11 is 1.66. The molecule has 0 saturated carbocycles. The van der Waals surface area contributed by atoms with Gasteiger partial charge in [-0.05, 0) is 32.9 Å². The van der Waals surface area contributed by atoms with Crippen molar-refractivity contribution in [3.8, 4) is 10.6 Å². The molecule has 4 heterocycles. The SMILES string of the molecule is Cc1cc(N2CCN(c3ccc(-c4sc(C)nc4C)nn3)CC2)ncn1. The molecule has 0 N–H and O–H groups in total. The molecule has 26 heavy (non-hydrogen) atoms. The number of hydrogen-bond acceptors (Lipinski definition) is 8. The summed E-state index contributed by atoms with van der Waals surface area (Å²) in [5.74, 6) is 1.92. The third-order valence-electron chi connectivity index (χ3n) is 4.50. The fourth-order valence-corrected chi connectivity index (χ4v) is 4.05. The topological polar surface area (TPSA) is 70.9 Å². The van der Waals surface area contributed by atoms with E-state index < -0.39 is 0 Å². The van der Waals surface area contributed by atoms with Crippen molar-refractivity contribution >= 4 is 23.0 Å². The summed E-state index contributed by atoms with van der Waals surface area (Å²) in [5.41, 5.74) is 2.91. The fourth-order valence-electron chi connectivity index (χ4n) is 3.16. The van der Waals surface area contributed by atoms with Gasteiger partial charge in [-0.2, -0.15) is 0 Å². The summed E-state index contributed by atoms with van der Waals surface area (Å²) in [6, 6.07) is 6.13. The Hall–Kier alpha value is -2.61. The molecular weight excluding hydrogens is 346 g/mol. The highest BCUT2D eigenvalue weighted by molar-refractivity contribution is 7.15. The zero-order chi connectivity index (χ0) is 18.1. The van der Waals surface area contributed by atoms with Crippen LogP contribution in [0.5, 0.6) is 0 Å². The first-order chi connectivity index (χ1) is 12.6. The Kier molecular flexibility index (Phi) is 4.50. The zero-order valence-corrected chi connectivity index (χ0v) is 16.0. The van der Waals surface area contributed by atoms with Gasteiger partial charge >= 0.3 is 0 Å². The Balaban J connectivity index is 1.44. The predicted molar refractivity (Wildman–Crippen MR) is 104 cm³/mol. The van der Waals surface area contributed by atoms with E-state index in [0.717, 1.165) is 64.8 Å². The van der Waals surface area contributed by atoms with Crippen molar-refractivity contribution in [3.63, 3.8) is 0 Å². The molecule has 0 spiro atoms. The lowest BCUT2D eigenvalue weighted by Crippen LogP contribution is -2.47. The van der Waals surface area contributed by atoms with Crippen LogP contribution in [0.3, 0.4) is 0 Å². The monoisotopic (exact) mass is 367 g/mol. The molecule has 0 radical (unpaired) electrons. The van der Waals surface area contributed by atoms with Gasteiger partial charge in [0.25, 0.3) is 0 Å². The van der Waals surface area contributed by atoms with E-state index in [0.29, 0.717) is 0 Å². The molecule has 1 fully saturated rings.